The standard InChI is InChI=1S/C12H18N2O/c1-11(13-10-14(3)4)8-6-5-7-9-12(2)15/h5-7,9-11H,2-3,8H2,1,4H3/p+1/b6-5-,9-7-,13-10?. The number of hydrogen-bond donors (Lipinski definition) is 1. The molecule has 0 aromatic heterocycles. The molecular formula is C12H19N2O+. The Labute approximate surface area is 91.5 Å². The zero-order valence-corrected chi connectivity index (χ0v) is 9.43. The Hall–Kier alpha value is -1.64. The summed E-state index contributed by atoms with van der Waals surface area (Å²) in [5, 5.41) is 8.76. The fraction of sp³-hybridized carbons (Fsp3) is 0.333. The van der Waals surface area contributed by atoms with E-state index in [-0.39, 0.29) is 11.8 Å². The maximum atomic E-state index is 8.76. The van der Waals surface area contributed by atoms with Gasteiger partial charge in [-0.3, -0.25) is 0 Å². The van der Waals surface area contributed by atoms with Crippen LogP contribution in [0.4, 0.5) is 0 Å². The van der Waals surface area contributed by atoms with Crippen LogP contribution in [0.1, 0.15) is 13.3 Å². The molecule has 0 aliphatic carbocycles. The minimum Gasteiger partial charge on any atom is -0.509 e. The second-order valence-electron chi connectivity index (χ2n) is 3.38. The molecule has 0 aromatic carbocycles. The number of aliphatic imine (C=N–C) groups is 1. The van der Waals surface area contributed by atoms with Gasteiger partial charge in [-0.25, -0.2) is 4.58 Å². The third-order valence-corrected chi connectivity index (χ3v) is 1.53. The fourth-order valence-electron chi connectivity index (χ4n) is 0.809. The lowest BCUT2D eigenvalue weighted by molar-refractivity contribution is -0.349. The van der Waals surface area contributed by atoms with Gasteiger partial charge < -0.3 is 5.11 Å². The third kappa shape index (κ3) is 10.3. The van der Waals surface area contributed by atoms with Crippen LogP contribution in [0.3, 0.4) is 0 Å². The minimum atomic E-state index is 0.0596. The molecular weight excluding hydrogens is 188 g/mol. The van der Waals surface area contributed by atoms with Gasteiger partial charge in [0, 0.05) is 6.42 Å². The fourth-order valence-corrected chi connectivity index (χ4v) is 0.809. The molecule has 0 fully saturated rings. The zero-order valence-electron chi connectivity index (χ0n) is 9.43. The second kappa shape index (κ2) is 7.74. The van der Waals surface area contributed by atoms with E-state index in [0.717, 1.165) is 6.42 Å². The molecule has 0 saturated carbocycles. The summed E-state index contributed by atoms with van der Waals surface area (Å²) in [5.41, 5.74) is 0. The topological polar surface area (TPSA) is 35.6 Å². The average Bonchev–Trinajstić information content (AvgIpc) is 2.13. The van der Waals surface area contributed by atoms with Gasteiger partial charge in [0.1, 0.15) is 11.8 Å². The minimum absolute atomic E-state index is 0.0596. The molecule has 82 valence electrons. The lowest BCUT2D eigenvalue weighted by Crippen LogP contribution is -2.02. The molecule has 0 rings (SSSR count). The van der Waals surface area contributed by atoms with E-state index >= 15 is 0 Å². The van der Waals surface area contributed by atoms with Crippen molar-refractivity contribution in [3.63, 3.8) is 0 Å². The molecule has 3 nitrogen and oxygen atoms in total. The predicted molar refractivity (Wildman–Crippen MR) is 65.9 cm³/mol. The van der Waals surface area contributed by atoms with Crippen molar-refractivity contribution >= 4 is 13.1 Å². The normalized spacial score (nSPS) is 14.0. The Balaban J connectivity index is 3.85. The number of rotatable bonds is 6. The van der Waals surface area contributed by atoms with Crippen LogP contribution in [-0.4, -0.2) is 35.8 Å². The summed E-state index contributed by atoms with van der Waals surface area (Å²) in [6.45, 7) is 9.02. The number of allylic oxidation sites excluding steroid dienone is 3. The van der Waals surface area contributed by atoms with E-state index in [1.54, 1.807) is 17.0 Å². The zero-order chi connectivity index (χ0) is 11.7. The molecule has 0 aliphatic rings. The summed E-state index contributed by atoms with van der Waals surface area (Å²) in [6.07, 6.45) is 9.68. The maximum Gasteiger partial charge on any atom is 0.279 e. The number of aliphatic hydroxyl groups is 1. The van der Waals surface area contributed by atoms with Crippen molar-refractivity contribution in [1.29, 1.82) is 0 Å². The molecule has 0 spiro atoms. The largest absolute Gasteiger partial charge is 0.509 e. The van der Waals surface area contributed by atoms with E-state index < -0.39 is 0 Å². The molecule has 0 aliphatic heterocycles. The molecule has 0 aromatic rings. The smallest absolute Gasteiger partial charge is 0.279 e. The Kier molecular flexibility index (Phi) is 6.89. The highest BCUT2D eigenvalue weighted by atomic mass is 16.3. The highest BCUT2D eigenvalue weighted by Crippen LogP contribution is 1.97. The van der Waals surface area contributed by atoms with Gasteiger partial charge in [0.05, 0.1) is 13.8 Å². The van der Waals surface area contributed by atoms with Gasteiger partial charge in [-0.15, -0.1) is 0 Å². The monoisotopic (exact) mass is 207 g/mol. The molecule has 1 atom stereocenters. The summed E-state index contributed by atoms with van der Waals surface area (Å²) in [4.78, 5) is 4.25. The predicted octanol–water partition coefficient (Wildman–Crippen LogP) is 2.32. The Morgan fingerprint density at radius 2 is 2.20 bits per heavy atom. The van der Waals surface area contributed by atoms with Gasteiger partial charge in [-0.1, -0.05) is 29.8 Å². The van der Waals surface area contributed by atoms with Crippen molar-refractivity contribution < 1.29 is 9.68 Å². The highest BCUT2D eigenvalue weighted by Gasteiger charge is 1.99. The van der Waals surface area contributed by atoms with Crippen molar-refractivity contribution in [2.24, 2.45) is 4.99 Å². The van der Waals surface area contributed by atoms with Crippen LogP contribution < -0.4 is 0 Å². The van der Waals surface area contributed by atoms with Crippen LogP contribution in [0.2, 0.25) is 0 Å². The van der Waals surface area contributed by atoms with E-state index in [2.05, 4.69) is 18.3 Å². The van der Waals surface area contributed by atoms with Gasteiger partial charge in [-0.05, 0) is 13.0 Å². The van der Waals surface area contributed by atoms with Gasteiger partial charge >= 0.3 is 0 Å². The lowest BCUT2D eigenvalue weighted by atomic mass is 10.2. The highest BCUT2D eigenvalue weighted by molar-refractivity contribution is 5.47. The SMILES string of the molecule is C=C(O)/C=C\C=C/CC(C)N=C[N+](=C)C. The van der Waals surface area contributed by atoms with Crippen LogP contribution in [0.15, 0.2) is 41.6 Å². The molecule has 1 unspecified atom stereocenters. The van der Waals surface area contributed by atoms with Crippen molar-refractivity contribution in [2.45, 2.75) is 19.4 Å². The van der Waals surface area contributed by atoms with Crippen molar-refractivity contribution in [3.8, 4) is 0 Å². The van der Waals surface area contributed by atoms with Crippen LogP contribution in [0, 0.1) is 0 Å². The molecule has 3 heteroatoms. The van der Waals surface area contributed by atoms with Gasteiger partial charge in [-0.2, -0.15) is 0 Å². The molecule has 0 bridgehead atoms. The lowest BCUT2D eigenvalue weighted by Gasteiger charge is -1.92. The Morgan fingerprint density at radius 3 is 2.73 bits per heavy atom. The summed E-state index contributed by atoms with van der Waals surface area (Å²) >= 11 is 0. The maximum absolute atomic E-state index is 8.76. The first kappa shape index (κ1) is 13.4. The summed E-state index contributed by atoms with van der Waals surface area (Å²) in [5.74, 6) is 0.0596. The van der Waals surface area contributed by atoms with Crippen LogP contribution >= 0.6 is 0 Å². The van der Waals surface area contributed by atoms with E-state index in [9.17, 15) is 0 Å². The second-order valence-corrected chi connectivity index (χ2v) is 3.38. The van der Waals surface area contributed by atoms with E-state index in [1.165, 1.54) is 6.08 Å². The molecule has 0 amide bonds. The van der Waals surface area contributed by atoms with Gasteiger partial charge in [0.2, 0.25) is 0 Å². The third-order valence-electron chi connectivity index (χ3n) is 1.53. The molecule has 0 radical (unpaired) electrons. The first-order valence-corrected chi connectivity index (χ1v) is 4.80. The van der Waals surface area contributed by atoms with Crippen molar-refractivity contribution in [2.75, 3.05) is 7.05 Å². The molecule has 0 heterocycles. The van der Waals surface area contributed by atoms with E-state index in [4.69, 9.17) is 5.11 Å². The number of nitrogens with zero attached hydrogens (tertiary/aromatic N) is 2. The average molecular weight is 207 g/mol. The Bertz CT molecular complexity index is 301. The van der Waals surface area contributed by atoms with Crippen LogP contribution in [0.5, 0.6) is 0 Å². The first-order chi connectivity index (χ1) is 7.02. The van der Waals surface area contributed by atoms with Gasteiger partial charge in [0.15, 0.2) is 0 Å². The summed E-state index contributed by atoms with van der Waals surface area (Å²) < 4.78 is 1.66. The van der Waals surface area contributed by atoms with Crippen molar-refractivity contribution in [1.82, 2.24) is 0 Å². The van der Waals surface area contributed by atoms with Crippen LogP contribution in [-0.2, 0) is 0 Å². The Morgan fingerprint density at radius 1 is 1.53 bits per heavy atom. The molecule has 1 N–H and O–H groups in total. The van der Waals surface area contributed by atoms with Gasteiger partial charge in [0.25, 0.3) is 6.34 Å². The van der Waals surface area contributed by atoms with Crippen molar-refractivity contribution in [3.05, 3.63) is 36.6 Å². The van der Waals surface area contributed by atoms with E-state index in [1.807, 2.05) is 26.1 Å². The number of hydrogen-bond acceptors (Lipinski definition) is 2. The summed E-state index contributed by atoms with van der Waals surface area (Å²) in [7, 11) is 1.83. The number of aliphatic hydroxyl groups excluding tert-OH is 1. The molecule has 15 heavy (non-hydrogen) atoms. The first-order valence-electron chi connectivity index (χ1n) is 4.80. The quantitative estimate of drug-likeness (QED) is 0.234. The molecule has 0 saturated heterocycles. The summed E-state index contributed by atoms with van der Waals surface area (Å²) in [6, 6.07) is 0.233. The van der Waals surface area contributed by atoms with Crippen LogP contribution in [0.25, 0.3) is 0 Å². The van der Waals surface area contributed by atoms with E-state index in [0.29, 0.717) is 0 Å².